The number of thiazole rings is 1. The van der Waals surface area contributed by atoms with Crippen molar-refractivity contribution in [2.75, 3.05) is 27.7 Å². The van der Waals surface area contributed by atoms with Crippen LogP contribution in [-0.4, -0.2) is 47.9 Å². The SMILES string of the molecule is COc1cccc(C(CNC(=O)c2cnc3sccn3c2=O)N(C)C)c1. The van der Waals surface area contributed by atoms with Crippen LogP contribution in [0.25, 0.3) is 4.96 Å². The van der Waals surface area contributed by atoms with E-state index < -0.39 is 5.91 Å². The Hall–Kier alpha value is -2.71. The zero-order valence-electron chi connectivity index (χ0n) is 14.8. The van der Waals surface area contributed by atoms with Crippen molar-refractivity contribution in [1.29, 1.82) is 0 Å². The Morgan fingerprint density at radius 1 is 1.42 bits per heavy atom. The average Bonchev–Trinajstić information content (AvgIpc) is 3.11. The first-order valence-electron chi connectivity index (χ1n) is 8.04. The summed E-state index contributed by atoms with van der Waals surface area (Å²) in [5.74, 6) is 0.323. The van der Waals surface area contributed by atoms with E-state index in [1.165, 1.54) is 21.9 Å². The minimum atomic E-state index is -0.433. The van der Waals surface area contributed by atoms with Crippen LogP contribution in [-0.2, 0) is 0 Å². The van der Waals surface area contributed by atoms with Gasteiger partial charge in [-0.25, -0.2) is 4.98 Å². The standard InChI is InChI=1S/C18H20N4O3S/c1-21(2)15(12-5-4-6-13(9-12)25-3)11-19-16(23)14-10-20-18-22(17(14)24)7-8-26-18/h4-10,15H,11H2,1-3H3,(H,19,23). The molecule has 0 saturated carbocycles. The van der Waals surface area contributed by atoms with Gasteiger partial charge in [0.25, 0.3) is 11.5 Å². The van der Waals surface area contributed by atoms with Crippen molar-refractivity contribution < 1.29 is 9.53 Å². The molecule has 0 saturated heterocycles. The number of hydrogen-bond acceptors (Lipinski definition) is 6. The van der Waals surface area contributed by atoms with Crippen LogP contribution in [0, 0.1) is 0 Å². The molecule has 2 heterocycles. The molecule has 3 rings (SSSR count). The Labute approximate surface area is 154 Å². The highest BCUT2D eigenvalue weighted by atomic mass is 32.1. The number of ether oxygens (including phenoxy) is 1. The third-order valence-corrected chi connectivity index (χ3v) is 4.92. The van der Waals surface area contributed by atoms with Crippen LogP contribution in [0.1, 0.15) is 22.0 Å². The summed E-state index contributed by atoms with van der Waals surface area (Å²) in [6, 6.07) is 7.64. The minimum absolute atomic E-state index is 0.0315. The van der Waals surface area contributed by atoms with Crippen molar-refractivity contribution in [1.82, 2.24) is 19.6 Å². The van der Waals surface area contributed by atoms with E-state index in [0.717, 1.165) is 11.3 Å². The second kappa shape index (κ2) is 7.67. The van der Waals surface area contributed by atoms with Gasteiger partial charge in [-0.1, -0.05) is 12.1 Å². The number of fused-ring (bicyclic) bond motifs is 1. The predicted octanol–water partition coefficient (Wildman–Crippen LogP) is 1.80. The van der Waals surface area contributed by atoms with E-state index in [0.29, 0.717) is 11.5 Å². The third-order valence-electron chi connectivity index (χ3n) is 4.15. The maximum absolute atomic E-state index is 12.5. The monoisotopic (exact) mass is 372 g/mol. The zero-order chi connectivity index (χ0) is 18.7. The summed E-state index contributed by atoms with van der Waals surface area (Å²) in [5.41, 5.74) is 0.679. The van der Waals surface area contributed by atoms with E-state index in [2.05, 4.69) is 10.3 Å². The summed E-state index contributed by atoms with van der Waals surface area (Å²) < 4.78 is 6.65. The highest BCUT2D eigenvalue weighted by Crippen LogP contribution is 2.22. The number of nitrogens with zero attached hydrogens (tertiary/aromatic N) is 3. The molecule has 1 atom stereocenters. The lowest BCUT2D eigenvalue weighted by Crippen LogP contribution is -2.37. The third kappa shape index (κ3) is 3.61. The zero-order valence-corrected chi connectivity index (χ0v) is 15.6. The number of nitrogens with one attached hydrogen (secondary N) is 1. The molecule has 0 spiro atoms. The molecule has 1 aromatic carbocycles. The van der Waals surface area contributed by atoms with Crippen molar-refractivity contribution in [3.8, 4) is 5.75 Å². The molecular weight excluding hydrogens is 352 g/mol. The predicted molar refractivity (Wildman–Crippen MR) is 101 cm³/mol. The van der Waals surface area contributed by atoms with Crippen molar-refractivity contribution in [2.45, 2.75) is 6.04 Å². The fourth-order valence-corrected chi connectivity index (χ4v) is 3.39. The normalized spacial score (nSPS) is 12.3. The number of aromatic nitrogens is 2. The van der Waals surface area contributed by atoms with E-state index in [4.69, 9.17) is 4.74 Å². The number of likely N-dealkylation sites (N-methyl/N-ethyl adjacent to an activating group) is 1. The van der Waals surface area contributed by atoms with E-state index in [1.54, 1.807) is 18.7 Å². The lowest BCUT2D eigenvalue weighted by Gasteiger charge is -2.25. The first kappa shape index (κ1) is 18.1. The molecule has 1 unspecified atom stereocenters. The molecule has 1 amide bonds. The maximum atomic E-state index is 12.5. The van der Waals surface area contributed by atoms with Gasteiger partial charge in [0.05, 0.1) is 13.2 Å². The van der Waals surface area contributed by atoms with Gasteiger partial charge in [0, 0.05) is 24.3 Å². The molecule has 0 fully saturated rings. The van der Waals surface area contributed by atoms with Crippen molar-refractivity contribution in [2.24, 2.45) is 0 Å². The number of carbonyl (C=O) groups excluding carboxylic acids is 1. The second-order valence-corrected chi connectivity index (χ2v) is 6.87. The molecule has 1 N–H and O–H groups in total. The van der Waals surface area contributed by atoms with Gasteiger partial charge < -0.3 is 15.0 Å². The maximum Gasteiger partial charge on any atom is 0.271 e. The minimum Gasteiger partial charge on any atom is -0.497 e. The summed E-state index contributed by atoms with van der Waals surface area (Å²) in [4.78, 5) is 31.6. The molecule has 8 heteroatoms. The number of amides is 1. The summed E-state index contributed by atoms with van der Waals surface area (Å²) in [7, 11) is 5.49. The van der Waals surface area contributed by atoms with Crippen LogP contribution in [0.2, 0.25) is 0 Å². The molecule has 7 nitrogen and oxygen atoms in total. The van der Waals surface area contributed by atoms with Gasteiger partial charge in [0.15, 0.2) is 4.96 Å². The first-order valence-corrected chi connectivity index (χ1v) is 8.92. The summed E-state index contributed by atoms with van der Waals surface area (Å²) in [6.45, 7) is 0.352. The van der Waals surface area contributed by atoms with Crippen molar-refractivity contribution in [3.63, 3.8) is 0 Å². The van der Waals surface area contributed by atoms with Gasteiger partial charge >= 0.3 is 0 Å². The van der Waals surface area contributed by atoms with Gasteiger partial charge in [0.1, 0.15) is 11.3 Å². The first-order chi connectivity index (χ1) is 12.5. The summed E-state index contributed by atoms with van der Waals surface area (Å²) in [6.07, 6.45) is 2.95. The molecule has 0 aliphatic rings. The smallest absolute Gasteiger partial charge is 0.271 e. The lowest BCUT2D eigenvalue weighted by atomic mass is 10.1. The largest absolute Gasteiger partial charge is 0.497 e. The van der Waals surface area contributed by atoms with E-state index >= 15 is 0 Å². The van der Waals surface area contributed by atoms with Crippen LogP contribution in [0.5, 0.6) is 5.75 Å². The molecule has 0 radical (unpaired) electrons. The Balaban J connectivity index is 1.79. The van der Waals surface area contributed by atoms with Crippen LogP contribution < -0.4 is 15.6 Å². The number of rotatable bonds is 6. The fraction of sp³-hybridized carbons (Fsp3) is 0.278. The van der Waals surface area contributed by atoms with E-state index in [9.17, 15) is 9.59 Å². The highest BCUT2D eigenvalue weighted by molar-refractivity contribution is 7.15. The molecular formula is C18H20N4O3S. The van der Waals surface area contributed by atoms with Crippen LogP contribution in [0.3, 0.4) is 0 Å². The molecule has 2 aromatic heterocycles. The Morgan fingerprint density at radius 3 is 2.96 bits per heavy atom. The van der Waals surface area contributed by atoms with Gasteiger partial charge in [-0.2, -0.15) is 0 Å². The van der Waals surface area contributed by atoms with Gasteiger partial charge in [-0.15, -0.1) is 11.3 Å². The molecule has 0 aliphatic heterocycles. The van der Waals surface area contributed by atoms with Gasteiger partial charge in [-0.3, -0.25) is 14.0 Å². The molecule has 0 bridgehead atoms. The van der Waals surface area contributed by atoms with Gasteiger partial charge in [-0.05, 0) is 31.8 Å². The van der Waals surface area contributed by atoms with Crippen LogP contribution in [0.4, 0.5) is 0 Å². The van der Waals surface area contributed by atoms with Gasteiger partial charge in [0.2, 0.25) is 0 Å². The Kier molecular flexibility index (Phi) is 5.34. The molecule has 26 heavy (non-hydrogen) atoms. The highest BCUT2D eigenvalue weighted by Gasteiger charge is 2.19. The quantitative estimate of drug-likeness (QED) is 0.714. The molecule has 3 aromatic rings. The number of hydrogen-bond donors (Lipinski definition) is 1. The van der Waals surface area contributed by atoms with Crippen molar-refractivity contribution >= 4 is 22.2 Å². The number of benzene rings is 1. The topological polar surface area (TPSA) is 75.9 Å². The second-order valence-electron chi connectivity index (χ2n) is 6.00. The van der Waals surface area contributed by atoms with Crippen LogP contribution >= 0.6 is 11.3 Å². The van der Waals surface area contributed by atoms with E-state index in [1.807, 2.05) is 43.3 Å². The van der Waals surface area contributed by atoms with E-state index in [-0.39, 0.29) is 17.2 Å². The number of carbonyl (C=O) groups is 1. The van der Waals surface area contributed by atoms with Crippen LogP contribution in [0.15, 0.2) is 46.8 Å². The summed E-state index contributed by atoms with van der Waals surface area (Å²) >= 11 is 1.35. The fourth-order valence-electron chi connectivity index (χ4n) is 2.71. The average molecular weight is 372 g/mol. The van der Waals surface area contributed by atoms with Crippen molar-refractivity contribution in [3.05, 3.63) is 63.5 Å². The molecule has 0 aliphatic carbocycles. The Morgan fingerprint density at radius 2 is 2.23 bits per heavy atom. The number of methoxy groups -OCH3 is 1. The summed E-state index contributed by atoms with van der Waals surface area (Å²) in [5, 5.41) is 4.60. The lowest BCUT2D eigenvalue weighted by molar-refractivity contribution is 0.0940. The Bertz CT molecular complexity index is 980. The molecule has 136 valence electrons.